The summed E-state index contributed by atoms with van der Waals surface area (Å²) in [4.78, 5) is 9.24. The van der Waals surface area contributed by atoms with E-state index in [1.54, 1.807) is 0 Å². The van der Waals surface area contributed by atoms with Gasteiger partial charge in [0.15, 0.2) is 0 Å². The third kappa shape index (κ3) is 3.67. The fourth-order valence-electron chi connectivity index (χ4n) is 3.44. The third-order valence-electron chi connectivity index (χ3n) is 5.12. The number of hydrogen-bond donors (Lipinski definition) is 2. The summed E-state index contributed by atoms with van der Waals surface area (Å²) in [7, 11) is 0. The van der Waals surface area contributed by atoms with E-state index >= 15 is 0 Å². The summed E-state index contributed by atoms with van der Waals surface area (Å²) in [5.41, 5.74) is 3.93. The molecule has 1 fully saturated rings. The first-order valence-corrected chi connectivity index (χ1v) is 9.48. The molecule has 5 nitrogen and oxygen atoms in total. The molecule has 4 heterocycles. The van der Waals surface area contributed by atoms with Gasteiger partial charge in [0.1, 0.15) is 17.6 Å². The molecule has 0 bridgehead atoms. The Balaban J connectivity index is 1.67. The van der Waals surface area contributed by atoms with Crippen molar-refractivity contribution in [3.8, 4) is 11.4 Å². The number of fused-ring (bicyclic) bond motifs is 1. The molecular formula is C21H26FN5. The smallest absolute Gasteiger partial charge is 0.137 e. The van der Waals surface area contributed by atoms with Crippen molar-refractivity contribution < 1.29 is 4.39 Å². The van der Waals surface area contributed by atoms with Crippen LogP contribution in [-0.4, -0.2) is 39.7 Å². The predicted molar refractivity (Wildman–Crippen MR) is 107 cm³/mol. The van der Waals surface area contributed by atoms with Crippen LogP contribution in [0.1, 0.15) is 32.8 Å². The number of hydrogen-bond acceptors (Lipinski definition) is 4. The van der Waals surface area contributed by atoms with E-state index in [1.165, 1.54) is 5.56 Å². The Morgan fingerprint density at radius 2 is 2.07 bits per heavy atom. The van der Waals surface area contributed by atoms with Gasteiger partial charge in [-0.2, -0.15) is 0 Å². The molecule has 0 saturated carbocycles. The summed E-state index contributed by atoms with van der Waals surface area (Å²) in [6.07, 6.45) is 3.81. The number of rotatable bonds is 3. The third-order valence-corrected chi connectivity index (χ3v) is 5.12. The van der Waals surface area contributed by atoms with Gasteiger partial charge in [0.05, 0.1) is 23.6 Å². The fraction of sp³-hybridized carbons (Fsp3) is 0.429. The number of alkyl halides is 1. The van der Waals surface area contributed by atoms with Crippen molar-refractivity contribution in [2.75, 3.05) is 18.4 Å². The van der Waals surface area contributed by atoms with Gasteiger partial charge in [0, 0.05) is 12.7 Å². The number of pyridine rings is 2. The van der Waals surface area contributed by atoms with Gasteiger partial charge in [-0.05, 0) is 42.1 Å². The molecule has 0 radical (unpaired) electrons. The van der Waals surface area contributed by atoms with E-state index in [-0.39, 0.29) is 11.5 Å². The lowest BCUT2D eigenvalue weighted by Gasteiger charge is -2.28. The minimum Gasteiger partial charge on any atom is -0.364 e. The highest BCUT2D eigenvalue weighted by Gasteiger charge is 2.24. The van der Waals surface area contributed by atoms with Gasteiger partial charge < -0.3 is 10.6 Å². The SMILES string of the molecule is CC(C)(C)c1ccc2ncc(-c3cccc(N[C@H]4CCNC[C@@H]4F)n3)n2c1. The molecule has 142 valence electrons. The van der Waals surface area contributed by atoms with Crippen LogP contribution in [0.15, 0.2) is 42.7 Å². The second-order valence-electron chi connectivity index (χ2n) is 8.21. The van der Waals surface area contributed by atoms with E-state index in [0.29, 0.717) is 12.4 Å². The van der Waals surface area contributed by atoms with Crippen molar-refractivity contribution >= 4 is 11.5 Å². The maximum Gasteiger partial charge on any atom is 0.137 e. The molecule has 0 aliphatic carbocycles. The van der Waals surface area contributed by atoms with Crippen LogP contribution in [0.25, 0.3) is 17.0 Å². The van der Waals surface area contributed by atoms with Crippen molar-refractivity contribution in [3.63, 3.8) is 0 Å². The largest absolute Gasteiger partial charge is 0.364 e. The van der Waals surface area contributed by atoms with Crippen LogP contribution < -0.4 is 10.6 Å². The Kier molecular flexibility index (Phi) is 4.60. The number of piperidine rings is 1. The summed E-state index contributed by atoms with van der Waals surface area (Å²) in [5.74, 6) is 0.698. The van der Waals surface area contributed by atoms with Gasteiger partial charge in [-0.25, -0.2) is 14.4 Å². The number of aromatic nitrogens is 3. The molecule has 0 aromatic carbocycles. The number of halogens is 1. The van der Waals surface area contributed by atoms with Crippen molar-refractivity contribution in [2.24, 2.45) is 0 Å². The molecule has 6 heteroatoms. The highest BCUT2D eigenvalue weighted by Crippen LogP contribution is 2.26. The van der Waals surface area contributed by atoms with Crippen LogP contribution in [0.2, 0.25) is 0 Å². The molecule has 1 aliphatic rings. The van der Waals surface area contributed by atoms with Crippen molar-refractivity contribution in [2.45, 2.75) is 44.8 Å². The van der Waals surface area contributed by atoms with E-state index in [0.717, 1.165) is 30.0 Å². The first-order valence-electron chi connectivity index (χ1n) is 9.48. The summed E-state index contributed by atoms with van der Waals surface area (Å²) < 4.78 is 16.2. The van der Waals surface area contributed by atoms with Crippen molar-refractivity contribution in [1.82, 2.24) is 19.7 Å². The normalized spacial score (nSPS) is 20.7. The average molecular weight is 367 g/mol. The zero-order valence-electron chi connectivity index (χ0n) is 16.0. The summed E-state index contributed by atoms with van der Waals surface area (Å²) in [6.45, 7) is 7.79. The lowest BCUT2D eigenvalue weighted by Crippen LogP contribution is -2.45. The van der Waals surface area contributed by atoms with Gasteiger partial charge in [-0.15, -0.1) is 0 Å². The minimum atomic E-state index is -0.908. The first kappa shape index (κ1) is 17.9. The molecule has 4 rings (SSSR count). The highest BCUT2D eigenvalue weighted by atomic mass is 19.1. The number of anilines is 1. The molecule has 3 aromatic rings. The van der Waals surface area contributed by atoms with E-state index in [2.05, 4.69) is 53.1 Å². The topological polar surface area (TPSA) is 54.2 Å². The van der Waals surface area contributed by atoms with Crippen LogP contribution in [0.3, 0.4) is 0 Å². The second kappa shape index (κ2) is 6.93. The van der Waals surface area contributed by atoms with Crippen LogP contribution in [0, 0.1) is 0 Å². The average Bonchev–Trinajstić information content (AvgIpc) is 3.06. The molecule has 2 atom stereocenters. The van der Waals surface area contributed by atoms with E-state index in [4.69, 9.17) is 4.98 Å². The quantitative estimate of drug-likeness (QED) is 0.739. The summed E-state index contributed by atoms with van der Waals surface area (Å²) >= 11 is 0. The fourth-order valence-corrected chi connectivity index (χ4v) is 3.44. The number of imidazole rings is 1. The summed E-state index contributed by atoms with van der Waals surface area (Å²) in [6, 6.07) is 9.76. The lowest BCUT2D eigenvalue weighted by molar-refractivity contribution is 0.244. The molecule has 0 spiro atoms. The first-order chi connectivity index (χ1) is 12.9. The van der Waals surface area contributed by atoms with Crippen molar-refractivity contribution in [3.05, 3.63) is 48.3 Å². The molecular weight excluding hydrogens is 341 g/mol. The zero-order chi connectivity index (χ0) is 19.0. The molecule has 3 aromatic heterocycles. The van der Waals surface area contributed by atoms with E-state index in [1.807, 2.05) is 30.5 Å². The minimum absolute atomic E-state index is 0.0533. The van der Waals surface area contributed by atoms with Gasteiger partial charge in [0.25, 0.3) is 0 Å². The van der Waals surface area contributed by atoms with Crippen LogP contribution in [0.4, 0.5) is 10.2 Å². The molecule has 0 unspecified atom stereocenters. The van der Waals surface area contributed by atoms with Crippen molar-refractivity contribution in [1.29, 1.82) is 0 Å². The number of nitrogens with one attached hydrogen (secondary N) is 2. The summed E-state index contributed by atoms with van der Waals surface area (Å²) in [5, 5.41) is 6.34. The maximum absolute atomic E-state index is 14.1. The zero-order valence-corrected chi connectivity index (χ0v) is 16.0. The number of nitrogens with zero attached hydrogens (tertiary/aromatic N) is 3. The Hall–Kier alpha value is -2.47. The highest BCUT2D eigenvalue weighted by molar-refractivity contribution is 5.62. The van der Waals surface area contributed by atoms with Crippen LogP contribution >= 0.6 is 0 Å². The Morgan fingerprint density at radius 3 is 2.85 bits per heavy atom. The lowest BCUT2D eigenvalue weighted by atomic mass is 9.88. The Morgan fingerprint density at radius 1 is 1.22 bits per heavy atom. The standard InChI is InChI=1S/C21H26FN5/c1-21(2,3)14-7-8-20-24-12-18(27(20)13-14)17-5-4-6-19(26-17)25-16-9-10-23-11-15(16)22/h4-8,12-13,15-16,23H,9-11H2,1-3H3,(H,25,26)/t15-,16-/m0/s1. The van der Waals surface area contributed by atoms with Crippen LogP contribution in [0.5, 0.6) is 0 Å². The monoisotopic (exact) mass is 367 g/mol. The van der Waals surface area contributed by atoms with Gasteiger partial charge >= 0.3 is 0 Å². The van der Waals surface area contributed by atoms with Crippen LogP contribution in [-0.2, 0) is 5.41 Å². The molecule has 1 saturated heterocycles. The Labute approximate surface area is 159 Å². The van der Waals surface area contributed by atoms with E-state index < -0.39 is 6.17 Å². The molecule has 27 heavy (non-hydrogen) atoms. The van der Waals surface area contributed by atoms with E-state index in [9.17, 15) is 4.39 Å². The van der Waals surface area contributed by atoms with Gasteiger partial charge in [-0.3, -0.25) is 4.40 Å². The molecule has 2 N–H and O–H groups in total. The maximum atomic E-state index is 14.1. The van der Waals surface area contributed by atoms with Gasteiger partial charge in [-0.1, -0.05) is 32.9 Å². The molecule has 1 aliphatic heterocycles. The predicted octanol–water partition coefficient (Wildman–Crippen LogP) is 3.81. The molecule has 0 amide bonds. The van der Waals surface area contributed by atoms with Gasteiger partial charge in [0.2, 0.25) is 0 Å². The second-order valence-corrected chi connectivity index (χ2v) is 8.21. The Bertz CT molecular complexity index is 943.